The van der Waals surface area contributed by atoms with E-state index in [0.29, 0.717) is 26.3 Å². The summed E-state index contributed by atoms with van der Waals surface area (Å²) in [4.78, 5) is 13.7. The van der Waals surface area contributed by atoms with Crippen LogP contribution in [0.3, 0.4) is 0 Å². The molecule has 1 aromatic carbocycles. The predicted molar refractivity (Wildman–Crippen MR) is 62.9 cm³/mol. The molecule has 96 valence electrons. The highest BCUT2D eigenvalue weighted by molar-refractivity contribution is 6.58. The molecule has 0 atom stereocenters. The lowest BCUT2D eigenvalue weighted by Crippen LogP contribution is -2.41. The summed E-state index contributed by atoms with van der Waals surface area (Å²) in [6, 6.07) is 3.55. The molecule has 1 saturated heterocycles. The molecule has 1 fully saturated rings. The van der Waals surface area contributed by atoms with Gasteiger partial charge in [0.15, 0.2) is 0 Å². The fraction of sp³-hybridized carbons (Fsp3) is 0.364. The van der Waals surface area contributed by atoms with Crippen molar-refractivity contribution in [1.29, 1.82) is 0 Å². The smallest absolute Gasteiger partial charge is 0.423 e. The van der Waals surface area contributed by atoms with E-state index in [1.807, 2.05) is 0 Å². The Bertz CT molecular complexity index is 449. The Labute approximate surface area is 104 Å². The number of nitrogens with zero attached hydrogens (tertiary/aromatic N) is 1. The van der Waals surface area contributed by atoms with Crippen LogP contribution in [-0.4, -0.2) is 54.3 Å². The van der Waals surface area contributed by atoms with Gasteiger partial charge in [-0.3, -0.25) is 4.79 Å². The van der Waals surface area contributed by atoms with E-state index >= 15 is 0 Å². The van der Waals surface area contributed by atoms with Gasteiger partial charge < -0.3 is 19.7 Å². The molecule has 5 nitrogen and oxygen atoms in total. The van der Waals surface area contributed by atoms with E-state index in [2.05, 4.69) is 0 Å². The van der Waals surface area contributed by atoms with Crippen molar-refractivity contribution in [2.75, 3.05) is 26.3 Å². The van der Waals surface area contributed by atoms with Crippen LogP contribution in [0.5, 0.6) is 0 Å². The fourth-order valence-corrected chi connectivity index (χ4v) is 1.82. The van der Waals surface area contributed by atoms with Crippen molar-refractivity contribution in [2.45, 2.75) is 0 Å². The van der Waals surface area contributed by atoms with Crippen LogP contribution >= 0.6 is 0 Å². The fourth-order valence-electron chi connectivity index (χ4n) is 1.82. The number of hydrogen-bond donors (Lipinski definition) is 2. The average Bonchev–Trinajstić information content (AvgIpc) is 2.39. The van der Waals surface area contributed by atoms with E-state index in [-0.39, 0.29) is 16.9 Å². The SMILES string of the molecule is O=C(c1ccc(F)c(B(O)O)c1)N1CCOCC1. The first-order valence-corrected chi connectivity index (χ1v) is 5.62. The second-order valence-corrected chi connectivity index (χ2v) is 4.01. The highest BCUT2D eigenvalue weighted by Gasteiger charge is 2.22. The largest absolute Gasteiger partial charge is 0.491 e. The number of halogens is 1. The molecule has 0 unspecified atom stereocenters. The number of amides is 1. The molecular weight excluding hydrogens is 240 g/mol. The van der Waals surface area contributed by atoms with Crippen LogP contribution in [0, 0.1) is 5.82 Å². The van der Waals surface area contributed by atoms with Crippen molar-refractivity contribution >= 4 is 18.5 Å². The van der Waals surface area contributed by atoms with Gasteiger partial charge in [0.05, 0.1) is 13.2 Å². The first-order valence-electron chi connectivity index (χ1n) is 5.62. The lowest BCUT2D eigenvalue weighted by molar-refractivity contribution is 0.0303. The summed E-state index contributed by atoms with van der Waals surface area (Å²) in [6.07, 6.45) is 0. The number of carbonyl (C=O) groups excluding carboxylic acids is 1. The molecule has 0 saturated carbocycles. The summed E-state index contributed by atoms with van der Waals surface area (Å²) in [6.45, 7) is 1.91. The first kappa shape index (κ1) is 13.0. The van der Waals surface area contributed by atoms with Gasteiger partial charge in [0.2, 0.25) is 0 Å². The molecule has 18 heavy (non-hydrogen) atoms. The van der Waals surface area contributed by atoms with E-state index in [1.54, 1.807) is 4.90 Å². The minimum atomic E-state index is -1.93. The molecule has 2 rings (SSSR count). The van der Waals surface area contributed by atoms with Gasteiger partial charge in [-0.1, -0.05) is 0 Å². The molecule has 1 amide bonds. The van der Waals surface area contributed by atoms with E-state index in [0.717, 1.165) is 12.1 Å². The Hall–Kier alpha value is -1.44. The maximum absolute atomic E-state index is 13.3. The first-order chi connectivity index (χ1) is 8.59. The lowest BCUT2D eigenvalue weighted by atomic mass is 9.79. The van der Waals surface area contributed by atoms with E-state index in [9.17, 15) is 9.18 Å². The molecule has 0 bridgehead atoms. The normalized spacial score (nSPS) is 15.6. The van der Waals surface area contributed by atoms with Crippen LogP contribution in [0.1, 0.15) is 10.4 Å². The third-order valence-electron chi connectivity index (χ3n) is 2.82. The summed E-state index contributed by atoms with van der Waals surface area (Å²) >= 11 is 0. The van der Waals surface area contributed by atoms with Crippen molar-refractivity contribution in [1.82, 2.24) is 4.90 Å². The molecule has 1 aliphatic rings. The second-order valence-electron chi connectivity index (χ2n) is 4.01. The predicted octanol–water partition coefficient (Wildman–Crippen LogP) is -1.02. The van der Waals surface area contributed by atoms with Gasteiger partial charge in [0.1, 0.15) is 5.82 Å². The number of carbonyl (C=O) groups is 1. The van der Waals surface area contributed by atoms with Gasteiger partial charge in [-0.15, -0.1) is 0 Å². The number of benzene rings is 1. The molecular formula is C11H13BFNO4. The van der Waals surface area contributed by atoms with Gasteiger partial charge >= 0.3 is 7.12 Å². The summed E-state index contributed by atoms with van der Waals surface area (Å²) in [7, 11) is -1.93. The number of rotatable bonds is 2. The highest BCUT2D eigenvalue weighted by Crippen LogP contribution is 2.08. The zero-order valence-corrected chi connectivity index (χ0v) is 9.67. The standard InChI is InChI=1S/C11H13BFNO4/c13-10-2-1-8(7-9(10)12(16)17)11(15)14-3-5-18-6-4-14/h1-2,7,16-17H,3-6H2. The van der Waals surface area contributed by atoms with Crippen LogP contribution in [0.25, 0.3) is 0 Å². The average molecular weight is 253 g/mol. The molecule has 0 spiro atoms. The van der Waals surface area contributed by atoms with Gasteiger partial charge in [0, 0.05) is 24.1 Å². The Morgan fingerprint density at radius 1 is 1.33 bits per heavy atom. The Morgan fingerprint density at radius 3 is 2.61 bits per heavy atom. The van der Waals surface area contributed by atoms with Crippen LogP contribution in [0.2, 0.25) is 0 Å². The maximum Gasteiger partial charge on any atom is 0.491 e. The maximum atomic E-state index is 13.3. The van der Waals surface area contributed by atoms with Crippen LogP contribution in [0.15, 0.2) is 18.2 Å². The van der Waals surface area contributed by atoms with Gasteiger partial charge in [-0.2, -0.15) is 0 Å². The number of morpholine rings is 1. The number of ether oxygens (including phenoxy) is 1. The highest BCUT2D eigenvalue weighted by atomic mass is 19.1. The minimum absolute atomic E-state index is 0.237. The van der Waals surface area contributed by atoms with Crippen molar-refractivity contribution in [3.63, 3.8) is 0 Å². The molecule has 0 aromatic heterocycles. The van der Waals surface area contributed by atoms with E-state index in [4.69, 9.17) is 14.8 Å². The molecule has 2 N–H and O–H groups in total. The van der Waals surface area contributed by atoms with Gasteiger partial charge in [-0.25, -0.2) is 4.39 Å². The molecule has 1 aliphatic heterocycles. The molecule has 0 aliphatic carbocycles. The van der Waals surface area contributed by atoms with Crippen LogP contribution in [0.4, 0.5) is 4.39 Å². The lowest BCUT2D eigenvalue weighted by Gasteiger charge is -2.27. The van der Waals surface area contributed by atoms with Crippen molar-refractivity contribution < 1.29 is 24.0 Å². The quantitative estimate of drug-likeness (QED) is 0.662. The Balaban J connectivity index is 2.22. The summed E-state index contributed by atoms with van der Waals surface area (Å²) in [5.41, 5.74) is -0.0597. The van der Waals surface area contributed by atoms with Crippen LogP contribution < -0.4 is 5.46 Å². The molecule has 1 aromatic rings. The zero-order valence-electron chi connectivity index (χ0n) is 9.67. The van der Waals surface area contributed by atoms with E-state index in [1.165, 1.54) is 6.07 Å². The summed E-state index contributed by atoms with van der Waals surface area (Å²) in [5, 5.41) is 18.0. The molecule has 0 radical (unpaired) electrons. The van der Waals surface area contributed by atoms with E-state index < -0.39 is 12.9 Å². The van der Waals surface area contributed by atoms with Crippen molar-refractivity contribution in [3.8, 4) is 0 Å². The second kappa shape index (κ2) is 5.47. The Kier molecular flexibility index (Phi) is 3.95. The number of hydrogen-bond acceptors (Lipinski definition) is 4. The van der Waals surface area contributed by atoms with Gasteiger partial charge in [0.25, 0.3) is 5.91 Å². The summed E-state index contributed by atoms with van der Waals surface area (Å²) in [5.74, 6) is -1.01. The van der Waals surface area contributed by atoms with Gasteiger partial charge in [-0.05, 0) is 18.2 Å². The van der Waals surface area contributed by atoms with Crippen molar-refractivity contribution in [2.24, 2.45) is 0 Å². The third-order valence-corrected chi connectivity index (χ3v) is 2.82. The van der Waals surface area contributed by atoms with Crippen LogP contribution in [-0.2, 0) is 4.74 Å². The summed E-state index contributed by atoms with van der Waals surface area (Å²) < 4.78 is 18.4. The molecule has 1 heterocycles. The molecule has 7 heteroatoms. The topological polar surface area (TPSA) is 70.0 Å². The third kappa shape index (κ3) is 2.69. The monoisotopic (exact) mass is 253 g/mol. The Morgan fingerprint density at radius 2 is 2.00 bits per heavy atom. The zero-order chi connectivity index (χ0) is 13.1. The minimum Gasteiger partial charge on any atom is -0.423 e. The van der Waals surface area contributed by atoms with Crippen molar-refractivity contribution in [3.05, 3.63) is 29.6 Å².